The molecule has 16 heavy (non-hydrogen) atoms. The first kappa shape index (κ1) is 12.8. The van der Waals surface area contributed by atoms with Gasteiger partial charge in [0, 0.05) is 4.47 Å². The molecule has 0 radical (unpaired) electrons. The SMILES string of the molecule is NC(=Nc1ccc(Br)cc1C(F)(F)F)NO. The molecule has 0 saturated carbocycles. The molecule has 1 rings (SSSR count). The van der Waals surface area contributed by atoms with Gasteiger partial charge in [-0.3, -0.25) is 5.21 Å². The fraction of sp³-hybridized carbons (Fsp3) is 0.125. The molecule has 0 aliphatic rings. The van der Waals surface area contributed by atoms with Crippen LogP contribution in [-0.4, -0.2) is 11.2 Å². The molecule has 0 unspecified atom stereocenters. The number of hydrogen-bond acceptors (Lipinski definition) is 2. The number of hydroxylamine groups is 1. The highest BCUT2D eigenvalue weighted by Crippen LogP contribution is 2.37. The van der Waals surface area contributed by atoms with E-state index in [0.717, 1.165) is 12.1 Å². The topological polar surface area (TPSA) is 70.6 Å². The van der Waals surface area contributed by atoms with Crippen LogP contribution in [-0.2, 0) is 6.18 Å². The number of nitrogens with one attached hydrogen (secondary N) is 1. The van der Waals surface area contributed by atoms with Crippen LogP contribution >= 0.6 is 15.9 Å². The number of nitrogens with zero attached hydrogens (tertiary/aromatic N) is 1. The third kappa shape index (κ3) is 3.11. The Labute approximate surface area is 97.1 Å². The quantitative estimate of drug-likeness (QED) is 0.423. The highest BCUT2D eigenvalue weighted by atomic mass is 79.9. The van der Waals surface area contributed by atoms with E-state index in [4.69, 9.17) is 10.9 Å². The van der Waals surface area contributed by atoms with E-state index in [9.17, 15) is 13.2 Å². The highest BCUT2D eigenvalue weighted by molar-refractivity contribution is 9.10. The summed E-state index contributed by atoms with van der Waals surface area (Å²) in [5.74, 6) is -0.521. The standard InChI is InChI=1S/C8H7BrF3N3O/c9-4-1-2-6(14-7(13)15-16)5(3-4)8(10,11)12/h1-3,16H,(H3,13,14,15). The first-order valence-electron chi connectivity index (χ1n) is 3.95. The molecule has 0 atom stereocenters. The second-order valence-corrected chi connectivity index (χ2v) is 3.68. The minimum Gasteiger partial charge on any atom is -0.368 e. The lowest BCUT2D eigenvalue weighted by molar-refractivity contribution is -0.137. The maximum absolute atomic E-state index is 12.6. The molecule has 0 amide bonds. The van der Waals surface area contributed by atoms with Gasteiger partial charge in [0.25, 0.3) is 0 Å². The Morgan fingerprint density at radius 3 is 2.56 bits per heavy atom. The van der Waals surface area contributed by atoms with Gasteiger partial charge in [-0.25, -0.2) is 10.5 Å². The average Bonchev–Trinajstić information content (AvgIpc) is 2.19. The smallest absolute Gasteiger partial charge is 0.368 e. The maximum Gasteiger partial charge on any atom is 0.418 e. The van der Waals surface area contributed by atoms with E-state index >= 15 is 0 Å². The Bertz CT molecular complexity index is 419. The van der Waals surface area contributed by atoms with Crippen LogP contribution in [0.15, 0.2) is 27.7 Å². The zero-order valence-corrected chi connectivity index (χ0v) is 9.30. The van der Waals surface area contributed by atoms with Crippen LogP contribution in [0.4, 0.5) is 18.9 Å². The van der Waals surface area contributed by atoms with Gasteiger partial charge in [0.2, 0.25) is 5.96 Å². The van der Waals surface area contributed by atoms with E-state index in [-0.39, 0.29) is 10.2 Å². The van der Waals surface area contributed by atoms with Crippen LogP contribution < -0.4 is 11.2 Å². The summed E-state index contributed by atoms with van der Waals surface area (Å²) in [6, 6.07) is 3.40. The van der Waals surface area contributed by atoms with Crippen molar-refractivity contribution < 1.29 is 18.4 Å². The van der Waals surface area contributed by atoms with Crippen molar-refractivity contribution in [1.29, 1.82) is 0 Å². The minimum atomic E-state index is -4.54. The number of nitrogens with two attached hydrogens (primary N) is 1. The molecular formula is C8H7BrF3N3O. The lowest BCUT2D eigenvalue weighted by Gasteiger charge is -2.10. The number of guanidine groups is 1. The number of alkyl halides is 3. The number of benzene rings is 1. The zero-order valence-electron chi connectivity index (χ0n) is 7.72. The second-order valence-electron chi connectivity index (χ2n) is 2.77. The van der Waals surface area contributed by atoms with Crippen LogP contribution in [0.1, 0.15) is 5.56 Å². The second kappa shape index (κ2) is 4.71. The van der Waals surface area contributed by atoms with E-state index in [1.807, 2.05) is 0 Å². The van der Waals surface area contributed by atoms with Crippen molar-refractivity contribution in [2.24, 2.45) is 10.7 Å². The first-order chi connectivity index (χ1) is 7.34. The van der Waals surface area contributed by atoms with Gasteiger partial charge in [0.1, 0.15) is 0 Å². The summed E-state index contributed by atoms with van der Waals surface area (Å²) in [7, 11) is 0. The molecule has 0 aliphatic carbocycles. The van der Waals surface area contributed by atoms with Crippen molar-refractivity contribution in [3.05, 3.63) is 28.2 Å². The molecule has 0 saturated heterocycles. The summed E-state index contributed by atoms with van der Waals surface area (Å²) in [6.45, 7) is 0. The van der Waals surface area contributed by atoms with E-state index in [1.54, 1.807) is 0 Å². The highest BCUT2D eigenvalue weighted by Gasteiger charge is 2.33. The molecule has 0 heterocycles. The van der Waals surface area contributed by atoms with E-state index in [0.29, 0.717) is 0 Å². The van der Waals surface area contributed by atoms with Crippen LogP contribution in [0.2, 0.25) is 0 Å². The van der Waals surface area contributed by atoms with Crippen molar-refractivity contribution in [3.8, 4) is 0 Å². The maximum atomic E-state index is 12.6. The van der Waals surface area contributed by atoms with Crippen LogP contribution in [0.5, 0.6) is 0 Å². The van der Waals surface area contributed by atoms with E-state index < -0.39 is 17.7 Å². The third-order valence-corrected chi connectivity index (χ3v) is 2.11. The fourth-order valence-electron chi connectivity index (χ4n) is 0.988. The molecular weight excluding hydrogens is 291 g/mol. The largest absolute Gasteiger partial charge is 0.418 e. The summed E-state index contributed by atoms with van der Waals surface area (Å²) < 4.78 is 38.0. The molecule has 0 bridgehead atoms. The number of hydrogen-bond donors (Lipinski definition) is 3. The van der Waals surface area contributed by atoms with Gasteiger partial charge < -0.3 is 5.73 Å². The molecule has 0 aliphatic heterocycles. The lowest BCUT2D eigenvalue weighted by Crippen LogP contribution is -2.28. The summed E-state index contributed by atoms with van der Waals surface area (Å²) in [5.41, 5.74) is 5.20. The Hall–Kier alpha value is -1.28. The number of halogens is 4. The third-order valence-electron chi connectivity index (χ3n) is 1.62. The summed E-state index contributed by atoms with van der Waals surface area (Å²) in [4.78, 5) is 3.38. The first-order valence-corrected chi connectivity index (χ1v) is 4.75. The minimum absolute atomic E-state index is 0.273. The van der Waals surface area contributed by atoms with Gasteiger partial charge >= 0.3 is 6.18 Å². The zero-order chi connectivity index (χ0) is 12.3. The molecule has 8 heteroatoms. The molecule has 0 fully saturated rings. The molecule has 0 spiro atoms. The van der Waals surface area contributed by atoms with Crippen molar-refractivity contribution in [1.82, 2.24) is 5.48 Å². The van der Waals surface area contributed by atoms with Crippen molar-refractivity contribution in [2.75, 3.05) is 0 Å². The van der Waals surface area contributed by atoms with Gasteiger partial charge in [-0.1, -0.05) is 15.9 Å². The molecule has 4 N–H and O–H groups in total. The normalized spacial score (nSPS) is 12.7. The fourth-order valence-corrected chi connectivity index (χ4v) is 1.35. The number of aliphatic imine (C=N–C) groups is 1. The summed E-state index contributed by atoms with van der Waals surface area (Å²) >= 11 is 2.93. The van der Waals surface area contributed by atoms with Crippen molar-refractivity contribution in [3.63, 3.8) is 0 Å². The van der Waals surface area contributed by atoms with Crippen LogP contribution in [0, 0.1) is 0 Å². The molecule has 1 aromatic rings. The molecule has 1 aromatic carbocycles. The van der Waals surface area contributed by atoms with E-state index in [1.165, 1.54) is 11.5 Å². The van der Waals surface area contributed by atoms with Gasteiger partial charge in [0.05, 0.1) is 11.3 Å². The molecule has 0 aromatic heterocycles. The van der Waals surface area contributed by atoms with Gasteiger partial charge in [-0.05, 0) is 18.2 Å². The van der Waals surface area contributed by atoms with Crippen LogP contribution in [0.25, 0.3) is 0 Å². The Kier molecular flexibility index (Phi) is 3.76. The lowest BCUT2D eigenvalue weighted by atomic mass is 10.2. The summed E-state index contributed by atoms with van der Waals surface area (Å²) in [5, 5.41) is 8.35. The monoisotopic (exact) mass is 297 g/mol. The Morgan fingerprint density at radius 1 is 1.44 bits per heavy atom. The van der Waals surface area contributed by atoms with Crippen molar-refractivity contribution >= 4 is 27.6 Å². The van der Waals surface area contributed by atoms with Gasteiger partial charge in [-0.15, -0.1) is 0 Å². The molecule has 88 valence electrons. The Balaban J connectivity index is 3.29. The van der Waals surface area contributed by atoms with Gasteiger partial charge in [-0.2, -0.15) is 13.2 Å². The summed E-state index contributed by atoms with van der Waals surface area (Å²) in [6.07, 6.45) is -4.54. The van der Waals surface area contributed by atoms with Gasteiger partial charge in [0.15, 0.2) is 0 Å². The van der Waals surface area contributed by atoms with E-state index in [2.05, 4.69) is 20.9 Å². The Morgan fingerprint density at radius 2 is 2.06 bits per heavy atom. The average molecular weight is 298 g/mol. The van der Waals surface area contributed by atoms with Crippen molar-refractivity contribution in [2.45, 2.75) is 6.18 Å². The predicted molar refractivity (Wildman–Crippen MR) is 55.3 cm³/mol. The number of rotatable bonds is 1. The molecule has 4 nitrogen and oxygen atoms in total. The van der Waals surface area contributed by atoms with Crippen LogP contribution in [0.3, 0.4) is 0 Å². The predicted octanol–water partition coefficient (Wildman–Crippen LogP) is 2.39.